The number of nitrogens with zero attached hydrogens (tertiary/aromatic N) is 2. The van der Waals surface area contributed by atoms with Crippen LogP contribution < -0.4 is 5.73 Å². The molecule has 0 aliphatic carbocycles. The second-order valence-electron chi connectivity index (χ2n) is 4.17. The van der Waals surface area contributed by atoms with E-state index in [1.54, 1.807) is 4.68 Å². The average Bonchev–Trinajstić information content (AvgIpc) is 2.65. The van der Waals surface area contributed by atoms with Gasteiger partial charge >= 0.3 is 5.97 Å². The zero-order chi connectivity index (χ0) is 13.0. The summed E-state index contributed by atoms with van der Waals surface area (Å²) in [7, 11) is 1.36. The number of nitrogen functional groups attached to an aromatic ring is 1. The van der Waals surface area contributed by atoms with E-state index in [1.807, 2.05) is 13.8 Å². The fourth-order valence-corrected chi connectivity index (χ4v) is 1.81. The van der Waals surface area contributed by atoms with E-state index in [0.29, 0.717) is 18.1 Å². The highest BCUT2D eigenvalue weighted by Gasteiger charge is 2.24. The third-order valence-electron chi connectivity index (χ3n) is 2.95. The molecule has 0 spiro atoms. The molecular weight excluding hydrogens is 218 g/mol. The fourth-order valence-electron chi connectivity index (χ4n) is 1.81. The summed E-state index contributed by atoms with van der Waals surface area (Å²) in [6, 6.07) is 0. The van der Waals surface area contributed by atoms with Crippen molar-refractivity contribution in [3.63, 3.8) is 0 Å². The first-order valence-corrected chi connectivity index (χ1v) is 6.01. The summed E-state index contributed by atoms with van der Waals surface area (Å²) in [6.07, 6.45) is 1.83. The summed E-state index contributed by atoms with van der Waals surface area (Å²) >= 11 is 0. The Morgan fingerprint density at radius 2 is 2.18 bits per heavy atom. The lowest BCUT2D eigenvalue weighted by Gasteiger charge is -2.09. The van der Waals surface area contributed by atoms with Gasteiger partial charge in [0.15, 0.2) is 5.69 Å². The normalized spacial score (nSPS) is 12.5. The molecule has 0 radical (unpaired) electrons. The van der Waals surface area contributed by atoms with E-state index in [-0.39, 0.29) is 5.92 Å². The number of hydrogen-bond donors (Lipinski definition) is 1. The van der Waals surface area contributed by atoms with E-state index in [2.05, 4.69) is 12.0 Å². The van der Waals surface area contributed by atoms with E-state index in [4.69, 9.17) is 10.5 Å². The molecule has 0 bridgehead atoms. The second kappa shape index (κ2) is 5.70. The Hall–Kier alpha value is -1.52. The molecule has 0 saturated carbocycles. The number of methoxy groups -OCH3 is 1. The molecule has 0 aromatic carbocycles. The van der Waals surface area contributed by atoms with Crippen molar-refractivity contribution in [1.29, 1.82) is 0 Å². The zero-order valence-electron chi connectivity index (χ0n) is 11.0. The van der Waals surface area contributed by atoms with E-state index in [9.17, 15) is 4.79 Å². The molecule has 1 aromatic heterocycles. The Balaban J connectivity index is 3.26. The molecule has 0 aliphatic rings. The van der Waals surface area contributed by atoms with Gasteiger partial charge in [0, 0.05) is 12.1 Å². The Labute approximate surface area is 102 Å². The number of carbonyl (C=O) groups is 1. The number of aromatic nitrogens is 2. The first-order chi connectivity index (χ1) is 8.06. The first kappa shape index (κ1) is 13.5. The molecule has 0 saturated heterocycles. The van der Waals surface area contributed by atoms with Gasteiger partial charge in [-0.25, -0.2) is 9.48 Å². The van der Waals surface area contributed by atoms with Gasteiger partial charge in [-0.15, -0.1) is 0 Å². The van der Waals surface area contributed by atoms with Gasteiger partial charge in [-0.3, -0.25) is 0 Å². The van der Waals surface area contributed by atoms with Crippen molar-refractivity contribution < 1.29 is 9.53 Å². The van der Waals surface area contributed by atoms with Crippen molar-refractivity contribution >= 4 is 11.8 Å². The highest BCUT2D eigenvalue weighted by molar-refractivity contribution is 5.90. The average molecular weight is 239 g/mol. The van der Waals surface area contributed by atoms with Gasteiger partial charge < -0.3 is 10.5 Å². The Kier molecular flexibility index (Phi) is 4.54. The van der Waals surface area contributed by atoms with Crippen LogP contribution in [0, 0.1) is 0 Å². The summed E-state index contributed by atoms with van der Waals surface area (Å²) in [4.78, 5) is 11.7. The molecule has 2 N–H and O–H groups in total. The summed E-state index contributed by atoms with van der Waals surface area (Å²) in [5.41, 5.74) is 7.22. The van der Waals surface area contributed by atoms with Crippen LogP contribution in [0.15, 0.2) is 0 Å². The molecule has 1 heterocycles. The van der Waals surface area contributed by atoms with Gasteiger partial charge in [-0.05, 0) is 18.8 Å². The number of nitrogens with two attached hydrogens (primary N) is 1. The Morgan fingerprint density at radius 3 is 2.65 bits per heavy atom. The molecule has 5 nitrogen and oxygen atoms in total. The minimum Gasteiger partial charge on any atom is -0.464 e. The topological polar surface area (TPSA) is 70.1 Å². The SMILES string of the molecule is CCCn1nc(C(=O)OC)c(C(C)CC)c1N. The van der Waals surface area contributed by atoms with Crippen LogP contribution in [0.3, 0.4) is 0 Å². The molecule has 1 rings (SSSR count). The number of ether oxygens (including phenoxy) is 1. The number of hydrogen-bond acceptors (Lipinski definition) is 4. The summed E-state index contributed by atoms with van der Waals surface area (Å²) in [5.74, 6) is 0.373. The Morgan fingerprint density at radius 1 is 1.53 bits per heavy atom. The van der Waals surface area contributed by atoms with E-state index in [0.717, 1.165) is 18.4 Å². The summed E-state index contributed by atoms with van der Waals surface area (Å²) < 4.78 is 6.44. The second-order valence-corrected chi connectivity index (χ2v) is 4.17. The zero-order valence-corrected chi connectivity index (χ0v) is 11.0. The van der Waals surface area contributed by atoms with Gasteiger partial charge in [-0.1, -0.05) is 20.8 Å². The minimum absolute atomic E-state index is 0.203. The maximum atomic E-state index is 11.7. The number of carbonyl (C=O) groups excluding carboxylic acids is 1. The van der Waals surface area contributed by atoms with Crippen LogP contribution in [-0.4, -0.2) is 22.9 Å². The van der Waals surface area contributed by atoms with Gasteiger partial charge in [0.1, 0.15) is 5.82 Å². The van der Waals surface area contributed by atoms with Crippen molar-refractivity contribution in [2.45, 2.75) is 46.1 Å². The van der Waals surface area contributed by atoms with Crippen molar-refractivity contribution in [2.24, 2.45) is 0 Å². The van der Waals surface area contributed by atoms with E-state index < -0.39 is 5.97 Å². The summed E-state index contributed by atoms with van der Waals surface area (Å²) in [6.45, 7) is 6.85. The Bertz CT molecular complexity index is 399. The largest absolute Gasteiger partial charge is 0.464 e. The smallest absolute Gasteiger partial charge is 0.358 e. The number of aryl methyl sites for hydroxylation is 1. The monoisotopic (exact) mass is 239 g/mol. The third kappa shape index (κ3) is 2.60. The lowest BCUT2D eigenvalue weighted by atomic mass is 9.98. The van der Waals surface area contributed by atoms with Crippen LogP contribution in [-0.2, 0) is 11.3 Å². The van der Waals surface area contributed by atoms with Gasteiger partial charge in [0.05, 0.1) is 7.11 Å². The van der Waals surface area contributed by atoms with Crippen molar-refractivity contribution in [1.82, 2.24) is 9.78 Å². The molecule has 0 aliphatic heterocycles. The summed E-state index contributed by atoms with van der Waals surface area (Å²) in [5, 5.41) is 4.26. The number of anilines is 1. The molecule has 0 amide bonds. The molecule has 0 fully saturated rings. The standard InChI is InChI=1S/C12H21N3O2/c1-5-7-15-11(13)9(8(3)6-2)10(14-15)12(16)17-4/h8H,5-7,13H2,1-4H3. The van der Waals surface area contributed by atoms with Gasteiger partial charge in [-0.2, -0.15) is 5.10 Å². The molecule has 17 heavy (non-hydrogen) atoms. The first-order valence-electron chi connectivity index (χ1n) is 6.01. The van der Waals surface area contributed by atoms with E-state index in [1.165, 1.54) is 7.11 Å². The lowest BCUT2D eigenvalue weighted by Crippen LogP contribution is -2.08. The maximum absolute atomic E-state index is 11.7. The van der Waals surface area contributed by atoms with Crippen molar-refractivity contribution in [3.05, 3.63) is 11.3 Å². The predicted molar refractivity (Wildman–Crippen MR) is 67.0 cm³/mol. The molecule has 1 atom stereocenters. The van der Waals surface area contributed by atoms with Gasteiger partial charge in [0.2, 0.25) is 0 Å². The molecule has 1 aromatic rings. The highest BCUT2D eigenvalue weighted by atomic mass is 16.5. The van der Waals surface area contributed by atoms with Gasteiger partial charge in [0.25, 0.3) is 0 Å². The highest BCUT2D eigenvalue weighted by Crippen LogP contribution is 2.29. The van der Waals surface area contributed by atoms with Crippen LogP contribution in [0.5, 0.6) is 0 Å². The minimum atomic E-state index is -0.415. The molecular formula is C12H21N3O2. The number of esters is 1. The van der Waals surface area contributed by atoms with E-state index >= 15 is 0 Å². The van der Waals surface area contributed by atoms with Crippen molar-refractivity contribution in [3.8, 4) is 0 Å². The van der Waals surface area contributed by atoms with Crippen LogP contribution in [0.2, 0.25) is 0 Å². The molecule has 5 heteroatoms. The lowest BCUT2D eigenvalue weighted by molar-refractivity contribution is 0.0591. The fraction of sp³-hybridized carbons (Fsp3) is 0.667. The van der Waals surface area contributed by atoms with Crippen LogP contribution >= 0.6 is 0 Å². The van der Waals surface area contributed by atoms with Crippen LogP contribution in [0.4, 0.5) is 5.82 Å². The predicted octanol–water partition coefficient (Wildman–Crippen LogP) is 2.18. The van der Waals surface area contributed by atoms with Crippen LogP contribution in [0.25, 0.3) is 0 Å². The van der Waals surface area contributed by atoms with Crippen LogP contribution in [0.1, 0.15) is 55.6 Å². The third-order valence-corrected chi connectivity index (χ3v) is 2.95. The molecule has 1 unspecified atom stereocenters. The van der Waals surface area contributed by atoms with Crippen molar-refractivity contribution in [2.75, 3.05) is 12.8 Å². The maximum Gasteiger partial charge on any atom is 0.358 e. The number of rotatable bonds is 5. The molecule has 96 valence electrons. The quantitative estimate of drug-likeness (QED) is 0.799.